The first kappa shape index (κ1) is 14.4. The summed E-state index contributed by atoms with van der Waals surface area (Å²) in [7, 11) is 0. The molecule has 2 rings (SSSR count). The number of rotatable bonds is 3. The zero-order valence-electron chi connectivity index (χ0n) is 11.9. The average Bonchev–Trinajstić information content (AvgIpc) is 2.68. The molecule has 1 aromatic heterocycles. The van der Waals surface area contributed by atoms with E-state index < -0.39 is 0 Å². The van der Waals surface area contributed by atoms with Crippen molar-refractivity contribution in [3.8, 4) is 0 Å². The van der Waals surface area contributed by atoms with Gasteiger partial charge in [-0.3, -0.25) is 0 Å². The first-order chi connectivity index (χ1) is 8.46. The highest BCUT2D eigenvalue weighted by Gasteiger charge is 2.21. The summed E-state index contributed by atoms with van der Waals surface area (Å²) in [5.74, 6) is 1.30. The fraction of sp³-hybridized carbons (Fsp3) is 0.786. The van der Waals surface area contributed by atoms with E-state index in [1.807, 2.05) is 11.3 Å². The van der Waals surface area contributed by atoms with Gasteiger partial charge in [-0.25, -0.2) is 4.98 Å². The normalized spacial score (nSPS) is 21.2. The maximum atomic E-state index is 4.79. The van der Waals surface area contributed by atoms with Crippen molar-refractivity contribution in [2.45, 2.75) is 64.3 Å². The minimum atomic E-state index is 0.177. The van der Waals surface area contributed by atoms with Crippen LogP contribution in [-0.4, -0.2) is 16.3 Å². The Balaban J connectivity index is 2.02. The first-order valence-corrected chi connectivity index (χ1v) is 8.65. The predicted molar refractivity (Wildman–Crippen MR) is 82.5 cm³/mol. The smallest absolute Gasteiger partial charge is 0.106 e. The third-order valence-electron chi connectivity index (χ3n) is 3.14. The third-order valence-corrected chi connectivity index (χ3v) is 5.95. The maximum Gasteiger partial charge on any atom is 0.106 e. The second-order valence-electron chi connectivity index (χ2n) is 6.02. The standard InChI is InChI=1S/C14H24N2S2/c1-10-12(9-15-14(2,3)4)18-13(16-10)11-7-5-6-8-17-11/h11,15H,5-9H2,1-4H3. The van der Waals surface area contributed by atoms with Crippen LogP contribution in [0.2, 0.25) is 0 Å². The Morgan fingerprint density at radius 1 is 1.33 bits per heavy atom. The molecule has 18 heavy (non-hydrogen) atoms. The van der Waals surface area contributed by atoms with Crippen molar-refractivity contribution >= 4 is 23.1 Å². The summed E-state index contributed by atoms with van der Waals surface area (Å²) in [4.78, 5) is 6.20. The Kier molecular flexibility index (Phi) is 4.73. The molecule has 0 aliphatic carbocycles. The summed E-state index contributed by atoms with van der Waals surface area (Å²) < 4.78 is 0. The Hall–Kier alpha value is -0.0600. The van der Waals surface area contributed by atoms with E-state index in [4.69, 9.17) is 4.98 Å². The molecule has 1 N–H and O–H groups in total. The number of aryl methyl sites for hydroxylation is 1. The van der Waals surface area contributed by atoms with Crippen LogP contribution in [0.1, 0.15) is 60.9 Å². The zero-order chi connectivity index (χ0) is 13.2. The van der Waals surface area contributed by atoms with E-state index in [2.05, 4.69) is 44.8 Å². The van der Waals surface area contributed by atoms with Gasteiger partial charge in [0.1, 0.15) is 5.01 Å². The topological polar surface area (TPSA) is 24.9 Å². The second-order valence-corrected chi connectivity index (χ2v) is 8.45. The summed E-state index contributed by atoms with van der Waals surface area (Å²) in [6, 6.07) is 0. The van der Waals surface area contributed by atoms with Crippen LogP contribution in [0.5, 0.6) is 0 Å². The molecule has 0 radical (unpaired) electrons. The highest BCUT2D eigenvalue weighted by Crippen LogP contribution is 2.40. The quantitative estimate of drug-likeness (QED) is 0.896. The van der Waals surface area contributed by atoms with E-state index in [1.165, 1.54) is 40.6 Å². The molecule has 0 spiro atoms. The lowest BCUT2D eigenvalue weighted by atomic mass is 10.1. The molecule has 0 saturated carbocycles. The molecule has 1 atom stereocenters. The summed E-state index contributed by atoms with van der Waals surface area (Å²) in [5.41, 5.74) is 1.40. The Labute approximate surface area is 119 Å². The largest absolute Gasteiger partial charge is 0.307 e. The van der Waals surface area contributed by atoms with Crippen LogP contribution in [0.15, 0.2) is 0 Å². The number of aromatic nitrogens is 1. The molecule has 2 nitrogen and oxygen atoms in total. The van der Waals surface area contributed by atoms with E-state index in [9.17, 15) is 0 Å². The van der Waals surface area contributed by atoms with E-state index in [0.717, 1.165) is 6.54 Å². The molecule has 1 aromatic rings. The summed E-state index contributed by atoms with van der Waals surface area (Å²) in [6.45, 7) is 9.72. The number of nitrogens with one attached hydrogen (secondary N) is 1. The molecule has 4 heteroatoms. The van der Waals surface area contributed by atoms with Crippen molar-refractivity contribution in [1.82, 2.24) is 10.3 Å². The fourth-order valence-corrected chi connectivity index (χ4v) is 4.59. The van der Waals surface area contributed by atoms with Gasteiger partial charge in [0.15, 0.2) is 0 Å². The summed E-state index contributed by atoms with van der Waals surface area (Å²) >= 11 is 4.00. The van der Waals surface area contributed by atoms with Gasteiger partial charge in [-0.2, -0.15) is 11.8 Å². The van der Waals surface area contributed by atoms with Crippen LogP contribution in [0.4, 0.5) is 0 Å². The molecule has 0 amide bonds. The molecule has 1 saturated heterocycles. The molecule has 1 aliphatic rings. The number of thiazole rings is 1. The van der Waals surface area contributed by atoms with Crippen LogP contribution >= 0.6 is 23.1 Å². The van der Waals surface area contributed by atoms with Gasteiger partial charge in [0.05, 0.1) is 10.9 Å². The highest BCUT2D eigenvalue weighted by molar-refractivity contribution is 7.99. The lowest BCUT2D eigenvalue weighted by Gasteiger charge is -2.20. The third kappa shape index (κ3) is 3.97. The molecule has 0 aromatic carbocycles. The summed E-state index contributed by atoms with van der Waals surface area (Å²) in [6.07, 6.45) is 4.06. The van der Waals surface area contributed by atoms with Crippen molar-refractivity contribution in [2.24, 2.45) is 0 Å². The molecule has 2 heterocycles. The van der Waals surface area contributed by atoms with Gasteiger partial charge in [0, 0.05) is 17.0 Å². The summed E-state index contributed by atoms with van der Waals surface area (Å²) in [5, 5.41) is 5.57. The number of hydrogen-bond donors (Lipinski definition) is 1. The molecule has 1 unspecified atom stereocenters. The monoisotopic (exact) mass is 284 g/mol. The van der Waals surface area contributed by atoms with E-state index in [-0.39, 0.29) is 5.54 Å². The Morgan fingerprint density at radius 2 is 2.11 bits per heavy atom. The zero-order valence-corrected chi connectivity index (χ0v) is 13.5. The number of hydrogen-bond acceptors (Lipinski definition) is 4. The van der Waals surface area contributed by atoms with E-state index in [1.54, 1.807) is 0 Å². The van der Waals surface area contributed by atoms with Crippen molar-refractivity contribution in [3.05, 3.63) is 15.6 Å². The van der Waals surface area contributed by atoms with Crippen molar-refractivity contribution in [1.29, 1.82) is 0 Å². The van der Waals surface area contributed by atoms with Gasteiger partial charge in [0.2, 0.25) is 0 Å². The van der Waals surface area contributed by atoms with Crippen molar-refractivity contribution < 1.29 is 0 Å². The average molecular weight is 284 g/mol. The van der Waals surface area contributed by atoms with Gasteiger partial charge in [0.25, 0.3) is 0 Å². The van der Waals surface area contributed by atoms with Gasteiger partial charge in [-0.05, 0) is 46.3 Å². The number of thioether (sulfide) groups is 1. The molecule has 0 bridgehead atoms. The minimum absolute atomic E-state index is 0.177. The van der Waals surface area contributed by atoms with Crippen molar-refractivity contribution in [2.75, 3.05) is 5.75 Å². The van der Waals surface area contributed by atoms with E-state index >= 15 is 0 Å². The maximum absolute atomic E-state index is 4.79. The fourth-order valence-electron chi connectivity index (χ4n) is 2.03. The van der Waals surface area contributed by atoms with Gasteiger partial charge < -0.3 is 5.32 Å². The SMILES string of the molecule is Cc1nc(C2CCCCS2)sc1CNC(C)(C)C. The molecule has 102 valence electrons. The number of nitrogens with zero attached hydrogens (tertiary/aromatic N) is 1. The molecular weight excluding hydrogens is 260 g/mol. The van der Waals surface area contributed by atoms with Crippen LogP contribution in [0, 0.1) is 6.92 Å². The van der Waals surface area contributed by atoms with Crippen LogP contribution in [-0.2, 0) is 6.54 Å². The van der Waals surface area contributed by atoms with E-state index in [0.29, 0.717) is 5.25 Å². The Morgan fingerprint density at radius 3 is 2.72 bits per heavy atom. The predicted octanol–water partition coefficient (Wildman–Crippen LogP) is 4.30. The molecular formula is C14H24N2S2. The van der Waals surface area contributed by atoms with Gasteiger partial charge in [-0.1, -0.05) is 6.42 Å². The first-order valence-electron chi connectivity index (χ1n) is 6.78. The van der Waals surface area contributed by atoms with Crippen LogP contribution in [0.25, 0.3) is 0 Å². The highest BCUT2D eigenvalue weighted by atomic mass is 32.2. The molecule has 1 fully saturated rings. The van der Waals surface area contributed by atoms with Crippen LogP contribution in [0.3, 0.4) is 0 Å². The van der Waals surface area contributed by atoms with Gasteiger partial charge in [-0.15, -0.1) is 11.3 Å². The van der Waals surface area contributed by atoms with Crippen molar-refractivity contribution in [3.63, 3.8) is 0 Å². The minimum Gasteiger partial charge on any atom is -0.307 e. The van der Waals surface area contributed by atoms with Gasteiger partial charge >= 0.3 is 0 Å². The Bertz CT molecular complexity index is 387. The molecule has 1 aliphatic heterocycles. The lowest BCUT2D eigenvalue weighted by molar-refractivity contribution is 0.425. The van der Waals surface area contributed by atoms with Crippen LogP contribution < -0.4 is 5.32 Å². The lowest BCUT2D eigenvalue weighted by Crippen LogP contribution is -2.34. The second kappa shape index (κ2) is 5.93.